The molecule has 1 aliphatic rings. The van der Waals surface area contributed by atoms with Crippen LogP contribution >= 0.6 is 0 Å². The highest BCUT2D eigenvalue weighted by Gasteiger charge is 2.27. The first kappa shape index (κ1) is 17.3. The number of nitrogens with two attached hydrogens (primary N) is 1. The number of urea groups is 1. The van der Waals surface area contributed by atoms with Crippen molar-refractivity contribution in [1.82, 2.24) is 4.90 Å². The molecular formula is C15H21N3O4S. The standard InChI is InChI=1S/C15H21N3O4S/c1-10-8-12(5-6-13(10)23(2,21)22)17-15(20)18-7-3-4-11(9-18)14(16)19/h5-6,8,11H,3-4,7,9H2,1-2H3,(H2,16,19)(H,17,20)/t11-/m0/s1. The highest BCUT2D eigenvalue weighted by atomic mass is 32.2. The molecular weight excluding hydrogens is 318 g/mol. The van der Waals surface area contributed by atoms with Gasteiger partial charge < -0.3 is 16.0 Å². The number of carbonyl (C=O) groups is 2. The smallest absolute Gasteiger partial charge is 0.321 e. The van der Waals surface area contributed by atoms with Crippen molar-refractivity contribution < 1.29 is 18.0 Å². The molecule has 7 nitrogen and oxygen atoms in total. The normalized spacial score (nSPS) is 18.5. The van der Waals surface area contributed by atoms with E-state index in [-0.39, 0.29) is 16.8 Å². The molecule has 0 aliphatic carbocycles. The van der Waals surface area contributed by atoms with Crippen LogP contribution in [-0.4, -0.2) is 44.6 Å². The van der Waals surface area contributed by atoms with E-state index in [1.54, 1.807) is 24.0 Å². The van der Waals surface area contributed by atoms with Crippen LogP contribution < -0.4 is 11.1 Å². The van der Waals surface area contributed by atoms with Gasteiger partial charge in [-0.05, 0) is 43.5 Å². The monoisotopic (exact) mass is 339 g/mol. The lowest BCUT2D eigenvalue weighted by atomic mass is 9.98. The van der Waals surface area contributed by atoms with E-state index in [0.29, 0.717) is 30.8 Å². The zero-order valence-electron chi connectivity index (χ0n) is 13.2. The van der Waals surface area contributed by atoms with Crippen LogP contribution in [0.2, 0.25) is 0 Å². The Morgan fingerprint density at radius 3 is 2.61 bits per heavy atom. The average Bonchev–Trinajstić information content (AvgIpc) is 2.46. The van der Waals surface area contributed by atoms with E-state index in [0.717, 1.165) is 12.7 Å². The second-order valence-electron chi connectivity index (χ2n) is 5.87. The number of hydrogen-bond donors (Lipinski definition) is 2. The summed E-state index contributed by atoms with van der Waals surface area (Å²) in [6.45, 7) is 2.55. The number of sulfone groups is 1. The van der Waals surface area contributed by atoms with Gasteiger partial charge in [-0.1, -0.05) is 0 Å². The van der Waals surface area contributed by atoms with Crippen molar-refractivity contribution in [3.63, 3.8) is 0 Å². The molecule has 1 aromatic carbocycles. The van der Waals surface area contributed by atoms with Crippen LogP contribution in [-0.2, 0) is 14.6 Å². The molecule has 2 rings (SSSR count). The second-order valence-corrected chi connectivity index (χ2v) is 7.85. The van der Waals surface area contributed by atoms with Gasteiger partial charge in [0.1, 0.15) is 0 Å². The maximum absolute atomic E-state index is 12.3. The highest BCUT2D eigenvalue weighted by molar-refractivity contribution is 7.90. The summed E-state index contributed by atoms with van der Waals surface area (Å²) in [5.41, 5.74) is 6.39. The summed E-state index contributed by atoms with van der Waals surface area (Å²) < 4.78 is 23.2. The summed E-state index contributed by atoms with van der Waals surface area (Å²) in [6, 6.07) is 4.32. The number of rotatable bonds is 3. The molecule has 1 heterocycles. The van der Waals surface area contributed by atoms with Gasteiger partial charge in [0, 0.05) is 25.0 Å². The van der Waals surface area contributed by atoms with Gasteiger partial charge in [-0.15, -0.1) is 0 Å². The fourth-order valence-electron chi connectivity index (χ4n) is 2.74. The number of amides is 3. The number of carbonyl (C=O) groups excluding carboxylic acids is 2. The third-order valence-electron chi connectivity index (χ3n) is 3.94. The predicted octanol–water partition coefficient (Wildman–Crippen LogP) is 1.13. The largest absolute Gasteiger partial charge is 0.369 e. The summed E-state index contributed by atoms with van der Waals surface area (Å²) in [7, 11) is -3.29. The van der Waals surface area contributed by atoms with Crippen LogP contribution in [0.3, 0.4) is 0 Å². The Morgan fingerprint density at radius 2 is 2.04 bits per heavy atom. The first-order chi connectivity index (χ1) is 10.7. The van der Waals surface area contributed by atoms with Gasteiger partial charge in [-0.2, -0.15) is 0 Å². The van der Waals surface area contributed by atoms with E-state index in [2.05, 4.69) is 5.32 Å². The maximum Gasteiger partial charge on any atom is 0.321 e. The van der Waals surface area contributed by atoms with Gasteiger partial charge >= 0.3 is 6.03 Å². The molecule has 0 radical (unpaired) electrons. The Balaban J connectivity index is 2.08. The number of nitrogens with zero attached hydrogens (tertiary/aromatic N) is 1. The number of primary amides is 1. The molecule has 0 unspecified atom stereocenters. The quantitative estimate of drug-likeness (QED) is 0.860. The number of benzene rings is 1. The molecule has 0 spiro atoms. The van der Waals surface area contributed by atoms with E-state index >= 15 is 0 Å². The van der Waals surface area contributed by atoms with Crippen molar-refractivity contribution in [2.24, 2.45) is 11.7 Å². The summed E-state index contributed by atoms with van der Waals surface area (Å²) in [5, 5.41) is 2.73. The Hall–Kier alpha value is -2.09. The Morgan fingerprint density at radius 1 is 1.35 bits per heavy atom. The number of piperidine rings is 1. The van der Waals surface area contributed by atoms with Gasteiger partial charge in [-0.25, -0.2) is 13.2 Å². The van der Waals surface area contributed by atoms with Gasteiger partial charge in [0.15, 0.2) is 9.84 Å². The molecule has 0 bridgehead atoms. The first-order valence-electron chi connectivity index (χ1n) is 7.34. The molecule has 1 atom stereocenters. The van der Waals surface area contributed by atoms with Crippen LogP contribution in [0.15, 0.2) is 23.1 Å². The summed E-state index contributed by atoms with van der Waals surface area (Å²) in [5.74, 6) is -0.709. The zero-order valence-corrected chi connectivity index (χ0v) is 14.0. The SMILES string of the molecule is Cc1cc(NC(=O)N2CCC[C@H](C(N)=O)C2)ccc1S(C)(=O)=O. The minimum Gasteiger partial charge on any atom is -0.369 e. The minimum absolute atomic E-state index is 0.238. The van der Waals surface area contributed by atoms with E-state index in [4.69, 9.17) is 5.73 Å². The Labute approximate surface area is 135 Å². The molecule has 23 heavy (non-hydrogen) atoms. The average molecular weight is 339 g/mol. The lowest BCUT2D eigenvalue weighted by molar-refractivity contribution is -0.123. The van der Waals surface area contributed by atoms with E-state index < -0.39 is 15.7 Å². The molecule has 0 saturated carbocycles. The molecule has 1 aliphatic heterocycles. The lowest BCUT2D eigenvalue weighted by Crippen LogP contribution is -2.45. The Bertz CT molecular complexity index is 730. The van der Waals surface area contributed by atoms with Crippen molar-refractivity contribution in [1.29, 1.82) is 0 Å². The fourth-order valence-corrected chi connectivity index (χ4v) is 3.70. The van der Waals surface area contributed by atoms with Gasteiger partial charge in [0.05, 0.1) is 10.8 Å². The molecule has 1 saturated heterocycles. The molecule has 1 fully saturated rings. The number of aryl methyl sites for hydroxylation is 1. The fraction of sp³-hybridized carbons (Fsp3) is 0.467. The summed E-state index contributed by atoms with van der Waals surface area (Å²) >= 11 is 0. The van der Waals surface area contributed by atoms with E-state index in [9.17, 15) is 18.0 Å². The van der Waals surface area contributed by atoms with Crippen LogP contribution in [0.25, 0.3) is 0 Å². The van der Waals surface area contributed by atoms with Crippen molar-refractivity contribution in [3.05, 3.63) is 23.8 Å². The second kappa shape index (κ2) is 6.57. The van der Waals surface area contributed by atoms with Gasteiger partial charge in [-0.3, -0.25) is 4.79 Å². The van der Waals surface area contributed by atoms with Crippen molar-refractivity contribution in [3.8, 4) is 0 Å². The van der Waals surface area contributed by atoms with Gasteiger partial charge in [0.2, 0.25) is 5.91 Å². The number of nitrogens with one attached hydrogen (secondary N) is 1. The Kier molecular flexibility index (Phi) is 4.93. The lowest BCUT2D eigenvalue weighted by Gasteiger charge is -2.31. The number of hydrogen-bond acceptors (Lipinski definition) is 4. The van der Waals surface area contributed by atoms with E-state index in [1.807, 2.05) is 0 Å². The van der Waals surface area contributed by atoms with Crippen molar-refractivity contribution in [2.45, 2.75) is 24.7 Å². The third-order valence-corrected chi connectivity index (χ3v) is 5.19. The molecule has 126 valence electrons. The molecule has 3 amide bonds. The number of anilines is 1. The van der Waals surface area contributed by atoms with Gasteiger partial charge in [0.25, 0.3) is 0 Å². The topological polar surface area (TPSA) is 110 Å². The molecule has 3 N–H and O–H groups in total. The predicted molar refractivity (Wildman–Crippen MR) is 86.8 cm³/mol. The van der Waals surface area contributed by atoms with E-state index in [1.165, 1.54) is 6.07 Å². The first-order valence-corrected chi connectivity index (χ1v) is 9.23. The van der Waals surface area contributed by atoms with Crippen LogP contribution in [0, 0.1) is 12.8 Å². The minimum atomic E-state index is -3.29. The maximum atomic E-state index is 12.3. The summed E-state index contributed by atoms with van der Waals surface area (Å²) in [4.78, 5) is 25.3. The third kappa shape index (κ3) is 4.22. The van der Waals surface area contributed by atoms with Crippen LogP contribution in [0.5, 0.6) is 0 Å². The molecule has 0 aromatic heterocycles. The van der Waals surface area contributed by atoms with Crippen molar-refractivity contribution >= 4 is 27.5 Å². The van der Waals surface area contributed by atoms with Crippen molar-refractivity contribution in [2.75, 3.05) is 24.7 Å². The molecule has 8 heteroatoms. The summed E-state index contributed by atoms with van der Waals surface area (Å²) in [6.07, 6.45) is 2.57. The highest BCUT2D eigenvalue weighted by Crippen LogP contribution is 2.21. The van der Waals surface area contributed by atoms with Crippen LogP contribution in [0.4, 0.5) is 10.5 Å². The number of likely N-dealkylation sites (tertiary alicyclic amines) is 1. The molecule has 1 aromatic rings. The van der Waals surface area contributed by atoms with Crippen LogP contribution in [0.1, 0.15) is 18.4 Å². The zero-order chi connectivity index (χ0) is 17.2.